The Hall–Kier alpha value is -1.20. The first-order valence-corrected chi connectivity index (χ1v) is 6.56. The number of hydrogen-bond donors (Lipinski definition) is 2. The number of hydrogen-bond acceptors (Lipinski definition) is 5. The van der Waals surface area contributed by atoms with Gasteiger partial charge in [0.2, 0.25) is 5.89 Å². The fraction of sp³-hybridized carbons (Fsp3) is 0.417. The predicted molar refractivity (Wildman–Crippen MR) is 70.9 cm³/mol. The van der Waals surface area contributed by atoms with Gasteiger partial charge in [0.1, 0.15) is 5.52 Å². The number of nitrogen functional groups attached to an aromatic ring is 1. The predicted octanol–water partition coefficient (Wildman–Crippen LogP) is 2.41. The van der Waals surface area contributed by atoms with Crippen LogP contribution in [0.2, 0.25) is 0 Å². The summed E-state index contributed by atoms with van der Waals surface area (Å²) in [7, 11) is 0. The van der Waals surface area contributed by atoms with Gasteiger partial charge in [-0.15, -0.1) is 11.8 Å². The molecule has 17 heavy (non-hydrogen) atoms. The maximum Gasteiger partial charge on any atom is 0.205 e. The van der Waals surface area contributed by atoms with Gasteiger partial charge in [0.25, 0.3) is 0 Å². The lowest BCUT2D eigenvalue weighted by Crippen LogP contribution is -2.15. The van der Waals surface area contributed by atoms with Crippen LogP contribution < -0.4 is 5.73 Å². The fourth-order valence-electron chi connectivity index (χ4n) is 1.40. The maximum absolute atomic E-state index is 9.39. The first-order chi connectivity index (χ1) is 8.06. The van der Waals surface area contributed by atoms with Crippen LogP contribution in [0.15, 0.2) is 22.6 Å². The number of anilines is 1. The van der Waals surface area contributed by atoms with Crippen LogP contribution in [0.5, 0.6) is 0 Å². The Labute approximate surface area is 104 Å². The summed E-state index contributed by atoms with van der Waals surface area (Å²) in [5.41, 5.74) is 7.89. The third-order valence-corrected chi connectivity index (χ3v) is 3.94. The Balaban J connectivity index is 2.09. The third-order valence-electron chi connectivity index (χ3n) is 2.60. The summed E-state index contributed by atoms with van der Waals surface area (Å²) >= 11 is 1.62. The Morgan fingerprint density at radius 1 is 1.47 bits per heavy atom. The maximum atomic E-state index is 9.39. The summed E-state index contributed by atoms with van der Waals surface area (Å²) in [5, 5.41) is 9.55. The lowest BCUT2D eigenvalue weighted by molar-refractivity contribution is 0.196. The highest BCUT2D eigenvalue weighted by molar-refractivity contribution is 7.99. The summed E-state index contributed by atoms with van der Waals surface area (Å²) in [6.45, 7) is 3.76. The van der Waals surface area contributed by atoms with Crippen molar-refractivity contribution in [1.29, 1.82) is 0 Å². The van der Waals surface area contributed by atoms with Crippen molar-refractivity contribution in [2.24, 2.45) is 0 Å². The molecule has 2 rings (SSSR count). The molecule has 0 aliphatic carbocycles. The fourth-order valence-corrected chi connectivity index (χ4v) is 2.20. The van der Waals surface area contributed by atoms with Crippen LogP contribution in [0.4, 0.5) is 5.69 Å². The molecular formula is C12H16N2O2S. The molecular weight excluding hydrogens is 236 g/mol. The van der Waals surface area contributed by atoms with E-state index in [1.54, 1.807) is 30.8 Å². The van der Waals surface area contributed by atoms with Crippen LogP contribution in [0.25, 0.3) is 11.1 Å². The summed E-state index contributed by atoms with van der Waals surface area (Å²) in [6.07, 6.45) is -0.333. The van der Waals surface area contributed by atoms with E-state index in [9.17, 15) is 5.11 Å². The smallest absolute Gasteiger partial charge is 0.205 e. The number of benzene rings is 1. The molecule has 0 aliphatic rings. The van der Waals surface area contributed by atoms with E-state index in [0.717, 1.165) is 11.1 Å². The van der Waals surface area contributed by atoms with Crippen molar-refractivity contribution < 1.29 is 9.52 Å². The van der Waals surface area contributed by atoms with Crippen molar-refractivity contribution in [2.75, 3.05) is 5.73 Å². The molecule has 2 aromatic rings. The second-order valence-electron chi connectivity index (χ2n) is 4.09. The molecule has 1 heterocycles. The minimum Gasteiger partial charge on any atom is -0.440 e. The molecule has 4 nitrogen and oxygen atoms in total. The number of aliphatic hydroxyl groups excluding tert-OH is 1. The Bertz CT molecular complexity index is 510. The zero-order valence-electron chi connectivity index (χ0n) is 9.88. The summed E-state index contributed by atoms with van der Waals surface area (Å²) < 4.78 is 5.58. The molecule has 0 bridgehead atoms. The van der Waals surface area contributed by atoms with Gasteiger partial charge in [0.05, 0.1) is 11.9 Å². The van der Waals surface area contributed by atoms with Gasteiger partial charge in [-0.3, -0.25) is 0 Å². The lowest BCUT2D eigenvalue weighted by Gasteiger charge is -2.12. The SMILES string of the molecule is CC(O)C(C)SCc1nc2cc(N)ccc2o1. The van der Waals surface area contributed by atoms with Crippen LogP contribution in [0.1, 0.15) is 19.7 Å². The second-order valence-corrected chi connectivity index (χ2v) is 5.46. The number of nitrogens with zero attached hydrogens (tertiary/aromatic N) is 1. The first-order valence-electron chi connectivity index (χ1n) is 5.51. The second kappa shape index (κ2) is 4.98. The zero-order valence-corrected chi connectivity index (χ0v) is 10.7. The highest BCUT2D eigenvalue weighted by Crippen LogP contribution is 2.23. The van der Waals surface area contributed by atoms with Crippen molar-refractivity contribution in [3.05, 3.63) is 24.1 Å². The minimum absolute atomic E-state index is 0.162. The molecule has 1 aromatic heterocycles. The molecule has 0 amide bonds. The molecule has 3 N–H and O–H groups in total. The van der Waals surface area contributed by atoms with E-state index in [2.05, 4.69) is 4.98 Å². The van der Waals surface area contributed by atoms with E-state index in [1.807, 2.05) is 13.0 Å². The number of thioether (sulfide) groups is 1. The largest absolute Gasteiger partial charge is 0.440 e. The molecule has 2 unspecified atom stereocenters. The number of aliphatic hydroxyl groups is 1. The van der Waals surface area contributed by atoms with Crippen LogP contribution in [-0.4, -0.2) is 21.4 Å². The Kier molecular flexibility index (Phi) is 3.59. The van der Waals surface area contributed by atoms with E-state index in [-0.39, 0.29) is 11.4 Å². The monoisotopic (exact) mass is 252 g/mol. The van der Waals surface area contributed by atoms with Crippen molar-refractivity contribution >= 4 is 28.5 Å². The standard InChI is InChI=1S/C12H16N2O2S/c1-7(15)8(2)17-6-12-14-10-5-9(13)3-4-11(10)16-12/h3-5,7-8,15H,6,13H2,1-2H3. The van der Waals surface area contributed by atoms with Crippen LogP contribution in [0.3, 0.4) is 0 Å². The summed E-state index contributed by atoms with van der Waals surface area (Å²) in [5.74, 6) is 1.32. The molecule has 0 aliphatic heterocycles. The number of fused-ring (bicyclic) bond motifs is 1. The van der Waals surface area contributed by atoms with E-state index >= 15 is 0 Å². The normalized spacial score (nSPS) is 15.0. The lowest BCUT2D eigenvalue weighted by atomic mass is 10.3. The molecule has 0 saturated heterocycles. The first kappa shape index (κ1) is 12.3. The molecule has 92 valence electrons. The van der Waals surface area contributed by atoms with Crippen molar-refractivity contribution in [3.63, 3.8) is 0 Å². The van der Waals surface area contributed by atoms with E-state index in [4.69, 9.17) is 10.2 Å². The van der Waals surface area contributed by atoms with Crippen molar-refractivity contribution in [2.45, 2.75) is 31.0 Å². The van der Waals surface area contributed by atoms with Gasteiger partial charge in [-0.05, 0) is 25.1 Å². The van der Waals surface area contributed by atoms with E-state index < -0.39 is 0 Å². The van der Waals surface area contributed by atoms with Crippen molar-refractivity contribution in [1.82, 2.24) is 4.98 Å². The van der Waals surface area contributed by atoms with Gasteiger partial charge in [-0.2, -0.15) is 0 Å². The highest BCUT2D eigenvalue weighted by atomic mass is 32.2. The molecule has 0 fully saturated rings. The molecule has 1 aromatic carbocycles. The quantitative estimate of drug-likeness (QED) is 0.817. The molecule has 0 spiro atoms. The summed E-state index contributed by atoms with van der Waals surface area (Å²) in [6, 6.07) is 5.41. The average Bonchev–Trinajstić information content (AvgIpc) is 2.67. The minimum atomic E-state index is -0.333. The average molecular weight is 252 g/mol. The van der Waals surface area contributed by atoms with Crippen LogP contribution >= 0.6 is 11.8 Å². The van der Waals surface area contributed by atoms with Gasteiger partial charge in [-0.25, -0.2) is 4.98 Å². The highest BCUT2D eigenvalue weighted by Gasteiger charge is 2.12. The number of rotatable bonds is 4. The number of aromatic nitrogens is 1. The molecule has 0 radical (unpaired) electrons. The van der Waals surface area contributed by atoms with Gasteiger partial charge in [0.15, 0.2) is 5.58 Å². The molecule has 0 saturated carbocycles. The van der Waals surface area contributed by atoms with Crippen LogP contribution in [-0.2, 0) is 5.75 Å². The van der Waals surface area contributed by atoms with Gasteiger partial charge in [0, 0.05) is 10.9 Å². The molecule has 5 heteroatoms. The van der Waals surface area contributed by atoms with E-state index in [1.165, 1.54) is 0 Å². The number of nitrogens with two attached hydrogens (primary N) is 1. The van der Waals surface area contributed by atoms with Crippen LogP contribution in [0, 0.1) is 0 Å². The Morgan fingerprint density at radius 3 is 2.94 bits per heavy atom. The van der Waals surface area contributed by atoms with Crippen molar-refractivity contribution in [3.8, 4) is 0 Å². The summed E-state index contributed by atoms with van der Waals surface area (Å²) in [4.78, 5) is 4.36. The molecule has 2 atom stereocenters. The van der Waals surface area contributed by atoms with E-state index in [0.29, 0.717) is 17.3 Å². The Morgan fingerprint density at radius 2 is 2.24 bits per heavy atom. The third kappa shape index (κ3) is 2.92. The number of oxazole rings is 1. The zero-order chi connectivity index (χ0) is 12.4. The van der Waals surface area contributed by atoms with Gasteiger partial charge < -0.3 is 15.3 Å². The topological polar surface area (TPSA) is 72.3 Å². The van der Waals surface area contributed by atoms with Gasteiger partial charge >= 0.3 is 0 Å². The van der Waals surface area contributed by atoms with Gasteiger partial charge in [-0.1, -0.05) is 6.92 Å².